The normalized spacial score (nSPS) is 10.7. The molecule has 0 fully saturated rings. The standard InChI is InChI=1S/C15H16ClNO2/c1-10-9-14(15(18)19)11(2)17(10)8-7-12-3-5-13(16)6-4-12/h3-6,9H,7-8H2,1-2H3,(H,18,19). The highest BCUT2D eigenvalue weighted by molar-refractivity contribution is 6.30. The molecule has 1 aromatic carbocycles. The number of aromatic carboxylic acids is 1. The van der Waals surface area contributed by atoms with Crippen LogP contribution in [-0.2, 0) is 13.0 Å². The van der Waals surface area contributed by atoms with E-state index in [1.54, 1.807) is 6.07 Å². The molecule has 3 nitrogen and oxygen atoms in total. The maximum Gasteiger partial charge on any atom is 0.337 e. The second kappa shape index (κ2) is 5.49. The van der Waals surface area contributed by atoms with E-state index in [2.05, 4.69) is 0 Å². The van der Waals surface area contributed by atoms with Gasteiger partial charge < -0.3 is 9.67 Å². The van der Waals surface area contributed by atoms with Gasteiger partial charge in [0, 0.05) is 23.0 Å². The molecule has 0 aliphatic rings. The van der Waals surface area contributed by atoms with Gasteiger partial charge in [0.15, 0.2) is 0 Å². The molecule has 0 amide bonds. The molecule has 2 rings (SSSR count). The summed E-state index contributed by atoms with van der Waals surface area (Å²) in [6.45, 7) is 4.55. The minimum absolute atomic E-state index is 0.383. The molecule has 0 saturated carbocycles. The molecule has 0 saturated heterocycles. The molecule has 1 N–H and O–H groups in total. The second-order valence-electron chi connectivity index (χ2n) is 4.62. The van der Waals surface area contributed by atoms with E-state index < -0.39 is 5.97 Å². The Balaban J connectivity index is 2.15. The molecule has 4 heteroatoms. The Morgan fingerprint density at radius 2 is 1.89 bits per heavy atom. The number of aromatic nitrogens is 1. The Morgan fingerprint density at radius 1 is 1.26 bits per heavy atom. The van der Waals surface area contributed by atoms with Crippen LogP contribution in [0.1, 0.15) is 27.3 Å². The summed E-state index contributed by atoms with van der Waals surface area (Å²) in [6, 6.07) is 9.45. The average molecular weight is 278 g/mol. The van der Waals surface area contributed by atoms with Crippen molar-refractivity contribution in [1.82, 2.24) is 4.57 Å². The van der Waals surface area contributed by atoms with Gasteiger partial charge in [-0.05, 0) is 44.0 Å². The van der Waals surface area contributed by atoms with Gasteiger partial charge in [0.2, 0.25) is 0 Å². The number of hydrogen-bond acceptors (Lipinski definition) is 1. The largest absolute Gasteiger partial charge is 0.478 e. The van der Waals surface area contributed by atoms with Gasteiger partial charge in [-0.3, -0.25) is 0 Å². The smallest absolute Gasteiger partial charge is 0.337 e. The fraction of sp³-hybridized carbons (Fsp3) is 0.267. The van der Waals surface area contributed by atoms with Crippen LogP contribution in [0.2, 0.25) is 5.02 Å². The maximum atomic E-state index is 11.1. The number of benzene rings is 1. The van der Waals surface area contributed by atoms with E-state index in [-0.39, 0.29) is 0 Å². The van der Waals surface area contributed by atoms with Crippen molar-refractivity contribution in [3.8, 4) is 0 Å². The number of hydrogen-bond donors (Lipinski definition) is 1. The monoisotopic (exact) mass is 277 g/mol. The molecule has 2 aromatic rings. The molecule has 0 radical (unpaired) electrons. The zero-order chi connectivity index (χ0) is 14.0. The van der Waals surface area contributed by atoms with Gasteiger partial charge in [0.05, 0.1) is 5.56 Å². The van der Waals surface area contributed by atoms with Gasteiger partial charge in [-0.15, -0.1) is 0 Å². The third kappa shape index (κ3) is 2.99. The van der Waals surface area contributed by atoms with Crippen molar-refractivity contribution in [3.63, 3.8) is 0 Å². The summed E-state index contributed by atoms with van der Waals surface area (Å²) in [6.07, 6.45) is 0.854. The zero-order valence-corrected chi connectivity index (χ0v) is 11.7. The van der Waals surface area contributed by atoms with Crippen LogP contribution in [0.4, 0.5) is 0 Å². The van der Waals surface area contributed by atoms with E-state index in [9.17, 15) is 4.79 Å². The third-order valence-corrected chi connectivity index (χ3v) is 3.59. The van der Waals surface area contributed by atoms with E-state index in [0.29, 0.717) is 5.56 Å². The topological polar surface area (TPSA) is 42.2 Å². The van der Waals surface area contributed by atoms with Crippen molar-refractivity contribution in [2.45, 2.75) is 26.8 Å². The van der Waals surface area contributed by atoms with Gasteiger partial charge in [0.25, 0.3) is 0 Å². The fourth-order valence-corrected chi connectivity index (χ4v) is 2.38. The number of aryl methyl sites for hydroxylation is 2. The summed E-state index contributed by atoms with van der Waals surface area (Å²) in [7, 11) is 0. The summed E-state index contributed by atoms with van der Waals surface area (Å²) in [5, 5.41) is 9.82. The molecule has 0 aliphatic carbocycles. The van der Waals surface area contributed by atoms with Crippen LogP contribution in [0.5, 0.6) is 0 Å². The van der Waals surface area contributed by atoms with E-state index >= 15 is 0 Å². The molecule has 0 atom stereocenters. The molecule has 19 heavy (non-hydrogen) atoms. The Kier molecular flexibility index (Phi) is 3.96. The van der Waals surface area contributed by atoms with Gasteiger partial charge in [0.1, 0.15) is 0 Å². The van der Waals surface area contributed by atoms with Crippen LogP contribution in [0.15, 0.2) is 30.3 Å². The first-order chi connectivity index (χ1) is 8.99. The fourth-order valence-electron chi connectivity index (χ4n) is 2.25. The van der Waals surface area contributed by atoms with Crippen molar-refractivity contribution in [2.75, 3.05) is 0 Å². The summed E-state index contributed by atoms with van der Waals surface area (Å²) in [4.78, 5) is 11.1. The van der Waals surface area contributed by atoms with E-state index in [0.717, 1.165) is 29.4 Å². The molecule has 0 unspecified atom stereocenters. The summed E-state index contributed by atoms with van der Waals surface area (Å²) >= 11 is 5.85. The van der Waals surface area contributed by atoms with E-state index in [1.807, 2.05) is 42.7 Å². The Morgan fingerprint density at radius 3 is 2.42 bits per heavy atom. The number of rotatable bonds is 4. The highest BCUT2D eigenvalue weighted by Crippen LogP contribution is 2.17. The van der Waals surface area contributed by atoms with Gasteiger partial charge in [-0.25, -0.2) is 4.79 Å². The predicted octanol–water partition coefficient (Wildman–Crippen LogP) is 3.70. The maximum absolute atomic E-state index is 11.1. The highest BCUT2D eigenvalue weighted by atomic mass is 35.5. The van der Waals surface area contributed by atoms with Gasteiger partial charge >= 0.3 is 5.97 Å². The Bertz CT molecular complexity index is 599. The van der Waals surface area contributed by atoms with E-state index in [1.165, 1.54) is 5.56 Å². The number of nitrogens with zero attached hydrogens (tertiary/aromatic N) is 1. The van der Waals surface area contributed by atoms with Crippen LogP contribution in [0.25, 0.3) is 0 Å². The van der Waals surface area contributed by atoms with Gasteiger partial charge in [-0.1, -0.05) is 23.7 Å². The number of carboxylic acid groups (broad SMARTS) is 1. The lowest BCUT2D eigenvalue weighted by molar-refractivity contribution is 0.0696. The number of halogens is 1. The van der Waals surface area contributed by atoms with Crippen LogP contribution in [-0.4, -0.2) is 15.6 Å². The summed E-state index contributed by atoms with van der Waals surface area (Å²) in [5.41, 5.74) is 3.35. The average Bonchev–Trinajstić information content (AvgIpc) is 2.65. The van der Waals surface area contributed by atoms with Crippen molar-refractivity contribution in [1.29, 1.82) is 0 Å². The molecule has 0 spiro atoms. The Hall–Kier alpha value is -1.74. The lowest BCUT2D eigenvalue weighted by Crippen LogP contribution is -2.06. The third-order valence-electron chi connectivity index (χ3n) is 3.34. The highest BCUT2D eigenvalue weighted by Gasteiger charge is 2.14. The molecule has 0 aliphatic heterocycles. The van der Waals surface area contributed by atoms with Crippen molar-refractivity contribution in [3.05, 3.63) is 57.9 Å². The molecular formula is C15H16ClNO2. The second-order valence-corrected chi connectivity index (χ2v) is 5.05. The van der Waals surface area contributed by atoms with Crippen LogP contribution in [0, 0.1) is 13.8 Å². The summed E-state index contributed by atoms with van der Waals surface area (Å²) in [5.74, 6) is -0.870. The quantitative estimate of drug-likeness (QED) is 0.926. The van der Waals surface area contributed by atoms with Crippen molar-refractivity contribution in [2.24, 2.45) is 0 Å². The van der Waals surface area contributed by atoms with Crippen molar-refractivity contribution >= 4 is 17.6 Å². The van der Waals surface area contributed by atoms with Crippen LogP contribution >= 0.6 is 11.6 Å². The minimum atomic E-state index is -0.870. The number of carboxylic acids is 1. The SMILES string of the molecule is Cc1cc(C(=O)O)c(C)n1CCc1ccc(Cl)cc1. The first-order valence-electron chi connectivity index (χ1n) is 6.13. The molecular weight excluding hydrogens is 262 g/mol. The lowest BCUT2D eigenvalue weighted by atomic mass is 10.1. The van der Waals surface area contributed by atoms with Gasteiger partial charge in [-0.2, -0.15) is 0 Å². The predicted molar refractivity (Wildman–Crippen MR) is 76.0 cm³/mol. The zero-order valence-electron chi connectivity index (χ0n) is 11.0. The Labute approximate surface area is 117 Å². The summed E-state index contributed by atoms with van der Waals surface area (Å²) < 4.78 is 2.04. The van der Waals surface area contributed by atoms with Crippen LogP contribution in [0.3, 0.4) is 0 Å². The van der Waals surface area contributed by atoms with E-state index in [4.69, 9.17) is 16.7 Å². The molecule has 1 heterocycles. The van der Waals surface area contributed by atoms with Crippen LogP contribution < -0.4 is 0 Å². The number of carbonyl (C=O) groups is 1. The molecule has 100 valence electrons. The molecule has 0 bridgehead atoms. The first-order valence-corrected chi connectivity index (χ1v) is 6.51. The first kappa shape index (κ1) is 13.7. The lowest BCUT2D eigenvalue weighted by Gasteiger charge is -2.09. The van der Waals surface area contributed by atoms with Crippen molar-refractivity contribution < 1.29 is 9.90 Å². The molecule has 1 aromatic heterocycles. The minimum Gasteiger partial charge on any atom is -0.478 e.